The monoisotopic (exact) mass is 628 g/mol. The number of aromatic nitrogens is 6. The number of carbonyl (C=O) groups is 1. The number of tetrazole rings is 1. The summed E-state index contributed by atoms with van der Waals surface area (Å²) in [6, 6.07) is 47.7. The minimum Gasteiger partial charge on any atom is -0.321 e. The molecular weight excluding hydrogens is 592 g/mol. The van der Waals surface area contributed by atoms with Crippen molar-refractivity contribution in [3.05, 3.63) is 179 Å². The molecule has 2 aromatic heterocycles. The number of aryl methyl sites for hydroxylation is 1. The molecule has 0 N–H and O–H groups in total. The van der Waals surface area contributed by atoms with E-state index >= 15 is 0 Å². The average molecular weight is 629 g/mol. The molecule has 0 spiro atoms. The smallest absolute Gasteiger partial charge is 0.205 e. The summed E-state index contributed by atoms with van der Waals surface area (Å²) < 4.78 is 2.02. The number of carbonyl (C=O) groups excluding carboxylic acids is 1. The molecule has 0 unspecified atom stereocenters. The van der Waals surface area contributed by atoms with Crippen LogP contribution in [0.25, 0.3) is 22.5 Å². The van der Waals surface area contributed by atoms with Crippen molar-refractivity contribution in [1.82, 2.24) is 29.8 Å². The lowest BCUT2D eigenvalue weighted by atomic mass is 9.77. The van der Waals surface area contributed by atoms with Gasteiger partial charge in [0.25, 0.3) is 0 Å². The standard InChI is InChI=1S/C41H36N6O/c1-2-3-23-39-42-28-36(30-48)46(39)29-31-24-26-32(27-25-31)37-21-13-14-22-38(37)40-43-45-47(44-40)41(33-15-7-4-8-16-33,34-17-9-5-10-18-34)35-19-11-6-12-20-35/h4-22,24-28,30H,2-3,23,29H2,1H3. The quantitative estimate of drug-likeness (QED) is 0.101. The summed E-state index contributed by atoms with van der Waals surface area (Å²) in [6.45, 7) is 2.75. The topological polar surface area (TPSA) is 78.5 Å². The normalized spacial score (nSPS) is 11.4. The first-order valence-electron chi connectivity index (χ1n) is 16.4. The molecular formula is C41H36N6O. The Kier molecular flexibility index (Phi) is 8.83. The fraction of sp³-hybridized carbons (Fsp3) is 0.146. The maximum atomic E-state index is 11.7. The van der Waals surface area contributed by atoms with Crippen LogP contribution < -0.4 is 0 Å². The first kappa shape index (κ1) is 30.7. The van der Waals surface area contributed by atoms with Gasteiger partial charge in [0, 0.05) is 18.5 Å². The van der Waals surface area contributed by atoms with Crippen LogP contribution in [0.5, 0.6) is 0 Å². The Labute approximate surface area is 280 Å². The summed E-state index contributed by atoms with van der Waals surface area (Å²) in [7, 11) is 0. The number of hydrogen-bond donors (Lipinski definition) is 0. The summed E-state index contributed by atoms with van der Waals surface area (Å²) in [4.78, 5) is 18.0. The predicted molar refractivity (Wildman–Crippen MR) is 189 cm³/mol. The molecule has 0 saturated carbocycles. The van der Waals surface area contributed by atoms with E-state index < -0.39 is 5.54 Å². The van der Waals surface area contributed by atoms with E-state index in [4.69, 9.17) is 15.4 Å². The van der Waals surface area contributed by atoms with Gasteiger partial charge in [-0.1, -0.05) is 153 Å². The maximum absolute atomic E-state index is 11.7. The Morgan fingerprint density at radius 2 is 1.25 bits per heavy atom. The predicted octanol–water partition coefficient (Wildman–Crippen LogP) is 8.25. The molecule has 0 aliphatic heterocycles. The molecule has 236 valence electrons. The van der Waals surface area contributed by atoms with Crippen LogP contribution in [0.4, 0.5) is 0 Å². The molecule has 0 atom stereocenters. The molecule has 0 aliphatic rings. The van der Waals surface area contributed by atoms with Gasteiger partial charge in [0.2, 0.25) is 5.82 Å². The Morgan fingerprint density at radius 3 is 1.81 bits per heavy atom. The molecule has 7 heteroatoms. The zero-order chi connectivity index (χ0) is 32.8. The van der Waals surface area contributed by atoms with Gasteiger partial charge >= 0.3 is 0 Å². The highest BCUT2D eigenvalue weighted by molar-refractivity contribution is 5.80. The van der Waals surface area contributed by atoms with Crippen molar-refractivity contribution in [3.63, 3.8) is 0 Å². The molecule has 0 bridgehead atoms. The van der Waals surface area contributed by atoms with Gasteiger partial charge in [0.15, 0.2) is 11.8 Å². The van der Waals surface area contributed by atoms with E-state index in [-0.39, 0.29) is 0 Å². The van der Waals surface area contributed by atoms with Crippen LogP contribution in [0.1, 0.15) is 58.3 Å². The van der Waals surface area contributed by atoms with Gasteiger partial charge in [-0.25, -0.2) is 4.98 Å². The fourth-order valence-electron chi connectivity index (χ4n) is 6.49. The number of aldehydes is 1. The van der Waals surface area contributed by atoms with E-state index in [1.165, 1.54) is 0 Å². The molecule has 48 heavy (non-hydrogen) atoms. The second-order valence-corrected chi connectivity index (χ2v) is 11.9. The summed E-state index contributed by atoms with van der Waals surface area (Å²) >= 11 is 0. The van der Waals surface area contributed by atoms with Crippen molar-refractivity contribution in [1.29, 1.82) is 0 Å². The summed E-state index contributed by atoms with van der Waals surface area (Å²) in [5.74, 6) is 1.48. The highest BCUT2D eigenvalue weighted by Crippen LogP contribution is 2.40. The highest BCUT2D eigenvalue weighted by Gasteiger charge is 2.41. The van der Waals surface area contributed by atoms with Crippen LogP contribution in [0.2, 0.25) is 0 Å². The lowest BCUT2D eigenvalue weighted by Crippen LogP contribution is -2.39. The number of imidazole rings is 1. The Bertz CT molecular complexity index is 2010. The van der Waals surface area contributed by atoms with Crippen molar-refractivity contribution < 1.29 is 4.79 Å². The van der Waals surface area contributed by atoms with Crippen LogP contribution in [0.3, 0.4) is 0 Å². The molecule has 7 rings (SSSR count). The molecule has 7 aromatic rings. The number of rotatable bonds is 12. The van der Waals surface area contributed by atoms with E-state index in [1.807, 2.05) is 77.4 Å². The van der Waals surface area contributed by atoms with E-state index in [0.717, 1.165) is 70.3 Å². The van der Waals surface area contributed by atoms with Crippen molar-refractivity contribution in [3.8, 4) is 22.5 Å². The van der Waals surface area contributed by atoms with Gasteiger partial charge in [0.05, 0.1) is 6.20 Å². The molecule has 0 radical (unpaired) electrons. The Hall–Kier alpha value is -5.95. The van der Waals surface area contributed by atoms with Gasteiger partial charge in [-0.05, 0) is 45.0 Å². The number of hydrogen-bond acceptors (Lipinski definition) is 5. The minimum atomic E-state index is -0.852. The van der Waals surface area contributed by atoms with Gasteiger partial charge in [-0.2, -0.15) is 0 Å². The van der Waals surface area contributed by atoms with Crippen molar-refractivity contribution >= 4 is 6.29 Å². The van der Waals surface area contributed by atoms with E-state index in [0.29, 0.717) is 18.1 Å². The first-order chi connectivity index (χ1) is 23.7. The van der Waals surface area contributed by atoms with Gasteiger partial charge in [-0.15, -0.1) is 15.0 Å². The molecule has 7 nitrogen and oxygen atoms in total. The van der Waals surface area contributed by atoms with Crippen LogP contribution in [0.15, 0.2) is 146 Å². The lowest BCUT2D eigenvalue weighted by Gasteiger charge is -2.34. The van der Waals surface area contributed by atoms with Crippen LogP contribution in [0, 0.1) is 0 Å². The molecule has 0 aliphatic carbocycles. The van der Waals surface area contributed by atoms with Crippen LogP contribution >= 0.6 is 0 Å². The van der Waals surface area contributed by atoms with E-state index in [9.17, 15) is 4.79 Å². The second-order valence-electron chi connectivity index (χ2n) is 11.9. The van der Waals surface area contributed by atoms with Crippen LogP contribution in [-0.2, 0) is 18.5 Å². The summed E-state index contributed by atoms with van der Waals surface area (Å²) in [5, 5.41) is 14.6. The Morgan fingerprint density at radius 1 is 0.688 bits per heavy atom. The first-order valence-corrected chi connectivity index (χ1v) is 16.4. The van der Waals surface area contributed by atoms with Crippen molar-refractivity contribution in [2.45, 2.75) is 38.3 Å². The lowest BCUT2D eigenvalue weighted by molar-refractivity contribution is 0.111. The molecule has 2 heterocycles. The van der Waals surface area contributed by atoms with E-state index in [1.54, 1.807) is 11.0 Å². The summed E-state index contributed by atoms with van der Waals surface area (Å²) in [6.07, 6.45) is 5.52. The number of benzene rings is 5. The second kappa shape index (κ2) is 13.8. The Balaban J connectivity index is 1.28. The minimum absolute atomic E-state index is 0.538. The number of unbranched alkanes of at least 4 members (excludes halogenated alkanes) is 1. The molecule has 0 saturated heterocycles. The third kappa shape index (κ3) is 5.75. The highest BCUT2D eigenvalue weighted by atomic mass is 16.1. The van der Waals surface area contributed by atoms with Gasteiger partial charge < -0.3 is 4.57 Å². The third-order valence-electron chi connectivity index (χ3n) is 8.91. The molecule has 0 amide bonds. The zero-order valence-electron chi connectivity index (χ0n) is 26.9. The zero-order valence-corrected chi connectivity index (χ0v) is 26.9. The molecule has 5 aromatic carbocycles. The average Bonchev–Trinajstić information content (AvgIpc) is 3.80. The van der Waals surface area contributed by atoms with Gasteiger partial charge in [-0.3, -0.25) is 4.79 Å². The largest absolute Gasteiger partial charge is 0.321 e. The SMILES string of the molecule is CCCCc1ncc(C=O)n1Cc1ccc(-c2ccccc2-c2nnn(C(c3ccccc3)(c3ccccc3)c3ccccc3)n2)cc1. The maximum Gasteiger partial charge on any atom is 0.205 e. The van der Waals surface area contributed by atoms with E-state index in [2.05, 4.69) is 78.6 Å². The number of nitrogens with zero attached hydrogens (tertiary/aromatic N) is 6. The van der Waals surface area contributed by atoms with Crippen molar-refractivity contribution in [2.75, 3.05) is 0 Å². The molecule has 0 fully saturated rings. The third-order valence-corrected chi connectivity index (χ3v) is 8.91. The van der Waals surface area contributed by atoms with Crippen LogP contribution in [-0.4, -0.2) is 36.0 Å². The fourth-order valence-corrected chi connectivity index (χ4v) is 6.49. The van der Waals surface area contributed by atoms with Crippen molar-refractivity contribution in [2.24, 2.45) is 0 Å². The summed E-state index contributed by atoms with van der Waals surface area (Å²) in [5.41, 5.74) is 6.87. The van der Waals surface area contributed by atoms with Gasteiger partial charge in [0.1, 0.15) is 11.5 Å².